The van der Waals surface area contributed by atoms with Crippen LogP contribution in [0.5, 0.6) is 0 Å². The number of carbonyl (C=O) groups is 2. The Morgan fingerprint density at radius 1 is 1.27 bits per heavy atom. The minimum absolute atomic E-state index is 0.124. The molecule has 0 atom stereocenters. The average Bonchev–Trinajstić information content (AvgIpc) is 2.88. The molecule has 0 radical (unpaired) electrons. The fraction of sp³-hybridized carbons (Fsp3) is 0.444. The summed E-state index contributed by atoms with van der Waals surface area (Å²) in [6.45, 7) is 8.15. The van der Waals surface area contributed by atoms with E-state index in [4.69, 9.17) is 4.74 Å². The van der Waals surface area contributed by atoms with Crippen LogP contribution in [0.3, 0.4) is 0 Å². The summed E-state index contributed by atoms with van der Waals surface area (Å²) in [5, 5.41) is 7.29. The average molecular weight is 377 g/mol. The molecule has 0 fully saturated rings. The van der Waals surface area contributed by atoms with E-state index < -0.39 is 11.9 Å². The van der Waals surface area contributed by atoms with Crippen LogP contribution in [0, 0.1) is 13.8 Å². The summed E-state index contributed by atoms with van der Waals surface area (Å²) in [6, 6.07) is 2.71. The van der Waals surface area contributed by atoms with Crippen LogP contribution < -0.4 is 10.9 Å². The van der Waals surface area contributed by atoms with E-state index in [9.17, 15) is 14.4 Å². The maximum Gasteiger partial charge on any atom is 0.341 e. The Bertz CT molecular complexity index is 870. The first-order valence-electron chi connectivity index (χ1n) is 8.55. The predicted molar refractivity (Wildman–Crippen MR) is 101 cm³/mol. The first-order chi connectivity index (χ1) is 12.4. The van der Waals surface area contributed by atoms with Gasteiger partial charge in [-0.05, 0) is 38.8 Å². The Morgan fingerprint density at radius 2 is 2.00 bits per heavy atom. The molecule has 0 aliphatic rings. The maximum absolute atomic E-state index is 12.6. The quantitative estimate of drug-likeness (QED) is 0.749. The standard InChI is InChI=1S/C18H23N3O4S/c1-5-7-10-21-14(22)9-8-13(20-21)16(23)19-17-15(18(24)25-6-2)11(3)12(4)26-17/h8-9H,5-7,10H2,1-4H3,(H,19,23). The van der Waals surface area contributed by atoms with Gasteiger partial charge in [-0.2, -0.15) is 5.10 Å². The molecule has 2 aromatic rings. The third-order valence-electron chi connectivity index (χ3n) is 3.91. The molecule has 1 N–H and O–H groups in total. The van der Waals surface area contributed by atoms with Gasteiger partial charge in [0.15, 0.2) is 0 Å². The van der Waals surface area contributed by atoms with Crippen LogP contribution in [0.2, 0.25) is 0 Å². The summed E-state index contributed by atoms with van der Waals surface area (Å²) in [5.74, 6) is -0.937. The van der Waals surface area contributed by atoms with Crippen LogP contribution in [-0.2, 0) is 11.3 Å². The Labute approximate surface area is 156 Å². The van der Waals surface area contributed by atoms with Crippen LogP contribution in [0.4, 0.5) is 5.00 Å². The molecule has 8 heteroatoms. The monoisotopic (exact) mass is 377 g/mol. The summed E-state index contributed by atoms with van der Waals surface area (Å²) in [6.07, 6.45) is 1.72. The zero-order valence-electron chi connectivity index (χ0n) is 15.4. The van der Waals surface area contributed by atoms with Gasteiger partial charge in [0.25, 0.3) is 11.5 Å². The molecule has 1 amide bonds. The number of nitrogens with zero attached hydrogens (tertiary/aromatic N) is 2. The van der Waals surface area contributed by atoms with Crippen molar-refractivity contribution in [2.75, 3.05) is 11.9 Å². The minimum atomic E-state index is -0.470. The van der Waals surface area contributed by atoms with Gasteiger partial charge in [-0.1, -0.05) is 13.3 Å². The first kappa shape index (κ1) is 19.8. The number of nitrogens with one attached hydrogen (secondary N) is 1. The summed E-state index contributed by atoms with van der Waals surface area (Å²) < 4.78 is 6.37. The van der Waals surface area contributed by atoms with Crippen molar-refractivity contribution in [3.8, 4) is 0 Å². The van der Waals surface area contributed by atoms with E-state index in [1.54, 1.807) is 6.92 Å². The summed E-state index contributed by atoms with van der Waals surface area (Å²) in [7, 11) is 0. The molecule has 2 rings (SSSR count). The van der Waals surface area contributed by atoms with Gasteiger partial charge in [0.05, 0.1) is 12.2 Å². The molecular formula is C18H23N3O4S. The number of hydrogen-bond acceptors (Lipinski definition) is 6. The van der Waals surface area contributed by atoms with E-state index in [2.05, 4.69) is 10.4 Å². The zero-order valence-corrected chi connectivity index (χ0v) is 16.2. The van der Waals surface area contributed by atoms with Crippen LogP contribution in [0.15, 0.2) is 16.9 Å². The number of anilines is 1. The van der Waals surface area contributed by atoms with Gasteiger partial charge in [0.2, 0.25) is 0 Å². The van der Waals surface area contributed by atoms with Crippen molar-refractivity contribution in [2.45, 2.75) is 47.1 Å². The molecule has 140 valence electrons. The lowest BCUT2D eigenvalue weighted by Gasteiger charge is -2.08. The molecule has 2 heterocycles. The largest absolute Gasteiger partial charge is 0.462 e. The lowest BCUT2D eigenvalue weighted by Crippen LogP contribution is -2.26. The molecule has 0 spiro atoms. The molecule has 2 aromatic heterocycles. The number of aromatic nitrogens is 2. The number of rotatable bonds is 7. The van der Waals surface area contributed by atoms with Gasteiger partial charge in [-0.3, -0.25) is 9.59 Å². The second-order valence-corrected chi connectivity index (χ2v) is 7.02. The van der Waals surface area contributed by atoms with Gasteiger partial charge in [-0.15, -0.1) is 11.3 Å². The molecule has 0 aliphatic carbocycles. The summed E-state index contributed by atoms with van der Waals surface area (Å²) in [5.41, 5.74) is 1.02. The van der Waals surface area contributed by atoms with Crippen molar-refractivity contribution in [1.29, 1.82) is 0 Å². The number of aryl methyl sites for hydroxylation is 2. The van der Waals surface area contributed by atoms with Crippen molar-refractivity contribution in [1.82, 2.24) is 9.78 Å². The summed E-state index contributed by atoms with van der Waals surface area (Å²) >= 11 is 1.31. The number of hydrogen-bond donors (Lipinski definition) is 1. The molecule has 26 heavy (non-hydrogen) atoms. The van der Waals surface area contributed by atoms with Crippen molar-refractivity contribution >= 4 is 28.2 Å². The Morgan fingerprint density at radius 3 is 2.65 bits per heavy atom. The second-order valence-electron chi connectivity index (χ2n) is 5.80. The van der Waals surface area contributed by atoms with Gasteiger partial charge in [0, 0.05) is 17.5 Å². The first-order valence-corrected chi connectivity index (χ1v) is 9.37. The Balaban J connectivity index is 2.29. The van der Waals surface area contributed by atoms with E-state index in [0.29, 0.717) is 17.1 Å². The lowest BCUT2D eigenvalue weighted by atomic mass is 10.1. The Kier molecular flexibility index (Phi) is 6.68. The van der Waals surface area contributed by atoms with E-state index in [1.807, 2.05) is 20.8 Å². The highest BCUT2D eigenvalue weighted by Gasteiger charge is 2.23. The van der Waals surface area contributed by atoms with E-state index in [-0.39, 0.29) is 17.9 Å². The number of thiophene rings is 1. The fourth-order valence-electron chi connectivity index (χ4n) is 2.37. The normalized spacial score (nSPS) is 10.6. The second kappa shape index (κ2) is 8.75. The number of ether oxygens (including phenoxy) is 1. The van der Waals surface area contributed by atoms with Crippen molar-refractivity contribution in [3.63, 3.8) is 0 Å². The predicted octanol–water partition coefficient (Wildman–Crippen LogP) is 3.15. The van der Waals surface area contributed by atoms with E-state index >= 15 is 0 Å². The van der Waals surface area contributed by atoms with Crippen LogP contribution in [0.1, 0.15) is 58.0 Å². The molecule has 7 nitrogen and oxygen atoms in total. The van der Waals surface area contributed by atoms with Crippen LogP contribution >= 0.6 is 11.3 Å². The van der Waals surface area contributed by atoms with Crippen LogP contribution in [0.25, 0.3) is 0 Å². The van der Waals surface area contributed by atoms with Gasteiger partial charge in [-0.25, -0.2) is 9.48 Å². The van der Waals surface area contributed by atoms with Gasteiger partial charge in [0.1, 0.15) is 10.7 Å². The number of unbranched alkanes of at least 4 members (excludes halogenated alkanes) is 1. The number of carbonyl (C=O) groups excluding carboxylic acids is 2. The molecule has 0 bridgehead atoms. The molecule has 0 aromatic carbocycles. The van der Waals surface area contributed by atoms with Gasteiger partial charge < -0.3 is 10.1 Å². The molecule has 0 saturated heterocycles. The van der Waals surface area contributed by atoms with Crippen LogP contribution in [-0.4, -0.2) is 28.3 Å². The fourth-order valence-corrected chi connectivity index (χ4v) is 3.41. The molecule has 0 saturated carbocycles. The highest BCUT2D eigenvalue weighted by Crippen LogP contribution is 2.33. The maximum atomic E-state index is 12.6. The highest BCUT2D eigenvalue weighted by molar-refractivity contribution is 7.16. The van der Waals surface area contributed by atoms with Gasteiger partial charge >= 0.3 is 5.97 Å². The number of amides is 1. The molecule has 0 aliphatic heterocycles. The Hall–Kier alpha value is -2.48. The molecule has 0 unspecified atom stereocenters. The lowest BCUT2D eigenvalue weighted by molar-refractivity contribution is 0.0527. The summed E-state index contributed by atoms with van der Waals surface area (Å²) in [4.78, 5) is 37.5. The van der Waals surface area contributed by atoms with E-state index in [1.165, 1.54) is 28.2 Å². The molecular weight excluding hydrogens is 354 g/mol. The number of esters is 1. The van der Waals surface area contributed by atoms with E-state index in [0.717, 1.165) is 23.3 Å². The highest BCUT2D eigenvalue weighted by atomic mass is 32.1. The van der Waals surface area contributed by atoms with Crippen molar-refractivity contribution < 1.29 is 14.3 Å². The zero-order chi connectivity index (χ0) is 19.3. The van der Waals surface area contributed by atoms with Crippen molar-refractivity contribution in [2.24, 2.45) is 0 Å². The topological polar surface area (TPSA) is 90.3 Å². The third kappa shape index (κ3) is 4.37. The smallest absolute Gasteiger partial charge is 0.341 e. The SMILES string of the molecule is CCCCn1nc(C(=O)Nc2sc(C)c(C)c2C(=O)OCC)ccc1=O. The third-order valence-corrected chi connectivity index (χ3v) is 5.04. The van der Waals surface area contributed by atoms with Crippen molar-refractivity contribution in [3.05, 3.63) is 44.2 Å². The minimum Gasteiger partial charge on any atom is -0.462 e.